The highest BCUT2D eigenvalue weighted by Crippen LogP contribution is 2.27. The maximum atomic E-state index is 11.7. The van der Waals surface area contributed by atoms with Crippen LogP contribution in [0.4, 0.5) is 0 Å². The molecule has 0 radical (unpaired) electrons. The van der Waals surface area contributed by atoms with E-state index in [-0.39, 0.29) is 6.42 Å². The Balaban J connectivity index is 2.43. The third kappa shape index (κ3) is 2.17. The quantitative estimate of drug-likeness (QED) is 0.587. The van der Waals surface area contributed by atoms with Crippen molar-refractivity contribution in [2.24, 2.45) is 0 Å². The number of aromatic amines is 1. The summed E-state index contributed by atoms with van der Waals surface area (Å²) in [6.07, 6.45) is -1.84. The van der Waals surface area contributed by atoms with Crippen LogP contribution < -0.4 is 11.2 Å². The molecule has 0 saturated carbocycles. The monoisotopic (exact) mass is 245 g/mol. The fourth-order valence-electron chi connectivity index (χ4n) is 1.75. The van der Waals surface area contributed by atoms with Gasteiger partial charge in [-0.25, -0.2) is 4.79 Å². The van der Waals surface area contributed by atoms with Crippen molar-refractivity contribution in [1.82, 2.24) is 9.55 Å². The minimum absolute atomic E-state index is 0.0115. The molecular weight excluding hydrogens is 228 g/mol. The molecule has 94 valence electrons. The lowest BCUT2D eigenvalue weighted by Crippen LogP contribution is -2.33. The number of ether oxygens (including phenoxy) is 1. The van der Waals surface area contributed by atoms with Crippen LogP contribution in [0.5, 0.6) is 0 Å². The summed E-state index contributed by atoms with van der Waals surface area (Å²) in [7, 11) is 0. The first kappa shape index (κ1) is 8.62. The van der Waals surface area contributed by atoms with E-state index in [1.165, 1.54) is 0 Å². The van der Waals surface area contributed by atoms with Crippen molar-refractivity contribution in [3.63, 3.8) is 0 Å². The number of rotatable bonds is 2. The highest BCUT2D eigenvalue weighted by molar-refractivity contribution is 5.02. The average molecular weight is 245 g/mol. The van der Waals surface area contributed by atoms with Gasteiger partial charge >= 0.3 is 5.69 Å². The summed E-state index contributed by atoms with van der Waals surface area (Å²) >= 11 is 0. The number of aryl methyl sites for hydroxylation is 1. The van der Waals surface area contributed by atoms with Gasteiger partial charge in [0.2, 0.25) is 0 Å². The van der Waals surface area contributed by atoms with E-state index in [4.69, 9.17) is 14.0 Å². The van der Waals surface area contributed by atoms with E-state index in [1.54, 1.807) is 0 Å². The SMILES string of the molecule is [2H]C([2H])([2H])c1cn([C@H]2C[C@@H](O)[C@@H](CO)O2)c(=O)[nH]c1=O. The van der Waals surface area contributed by atoms with Crippen LogP contribution in [0, 0.1) is 6.85 Å². The summed E-state index contributed by atoms with van der Waals surface area (Å²) in [5, 5.41) is 18.6. The van der Waals surface area contributed by atoms with Gasteiger partial charge in [-0.2, -0.15) is 0 Å². The average Bonchev–Trinajstić information content (AvgIpc) is 2.68. The van der Waals surface area contributed by atoms with Crippen LogP contribution in [0.2, 0.25) is 0 Å². The highest BCUT2D eigenvalue weighted by Gasteiger charge is 2.34. The molecule has 17 heavy (non-hydrogen) atoms. The Labute approximate surface area is 101 Å². The Bertz CT molecular complexity index is 608. The molecule has 0 aromatic carbocycles. The predicted octanol–water partition coefficient (Wildman–Crippen LogP) is -1.51. The van der Waals surface area contributed by atoms with Gasteiger partial charge in [0, 0.05) is 22.3 Å². The molecule has 7 heteroatoms. The number of hydrogen-bond donors (Lipinski definition) is 3. The van der Waals surface area contributed by atoms with Crippen LogP contribution in [0.25, 0.3) is 0 Å². The van der Waals surface area contributed by atoms with Crippen molar-refractivity contribution >= 4 is 0 Å². The summed E-state index contributed by atoms with van der Waals surface area (Å²) in [5.74, 6) is 0. The van der Waals surface area contributed by atoms with Gasteiger partial charge in [0.1, 0.15) is 12.3 Å². The molecule has 1 aliphatic heterocycles. The van der Waals surface area contributed by atoms with Crippen LogP contribution in [-0.2, 0) is 4.74 Å². The van der Waals surface area contributed by atoms with Gasteiger partial charge in [-0.1, -0.05) is 0 Å². The van der Waals surface area contributed by atoms with E-state index in [9.17, 15) is 14.7 Å². The number of aromatic nitrogens is 2. The molecule has 0 bridgehead atoms. The normalized spacial score (nSPS) is 31.9. The molecule has 2 heterocycles. The van der Waals surface area contributed by atoms with Crippen molar-refractivity contribution in [3.05, 3.63) is 32.6 Å². The van der Waals surface area contributed by atoms with Gasteiger partial charge < -0.3 is 14.9 Å². The number of aliphatic hydroxyl groups is 2. The topological polar surface area (TPSA) is 105 Å². The molecule has 3 atom stereocenters. The zero-order valence-corrected chi connectivity index (χ0v) is 8.79. The lowest BCUT2D eigenvalue weighted by atomic mass is 10.2. The van der Waals surface area contributed by atoms with Crippen molar-refractivity contribution < 1.29 is 19.1 Å². The zero-order valence-electron chi connectivity index (χ0n) is 11.8. The molecule has 1 aromatic rings. The summed E-state index contributed by atoms with van der Waals surface area (Å²) in [6.45, 7) is -3.10. The molecule has 0 amide bonds. The molecule has 1 saturated heterocycles. The second-order valence-electron chi connectivity index (χ2n) is 3.82. The van der Waals surface area contributed by atoms with Crippen LogP contribution in [-0.4, -0.2) is 38.6 Å². The molecule has 0 aliphatic carbocycles. The lowest BCUT2D eigenvalue weighted by molar-refractivity contribution is -0.0459. The minimum Gasteiger partial charge on any atom is -0.394 e. The van der Waals surface area contributed by atoms with Crippen molar-refractivity contribution in [3.8, 4) is 0 Å². The largest absolute Gasteiger partial charge is 0.394 e. The molecule has 3 N–H and O–H groups in total. The Morgan fingerprint density at radius 1 is 1.71 bits per heavy atom. The fourth-order valence-corrected chi connectivity index (χ4v) is 1.75. The maximum Gasteiger partial charge on any atom is 0.330 e. The molecular formula is C10H14N2O5. The van der Waals surface area contributed by atoms with Crippen LogP contribution >= 0.6 is 0 Å². The number of aliphatic hydroxyl groups excluding tert-OH is 2. The molecule has 0 unspecified atom stereocenters. The smallest absolute Gasteiger partial charge is 0.330 e. The highest BCUT2D eigenvalue weighted by atomic mass is 16.5. The lowest BCUT2D eigenvalue weighted by Gasteiger charge is -2.14. The van der Waals surface area contributed by atoms with Crippen LogP contribution in [0.1, 0.15) is 22.3 Å². The Kier molecular flexibility index (Phi) is 2.25. The van der Waals surface area contributed by atoms with Crippen LogP contribution in [0.15, 0.2) is 15.8 Å². The predicted molar refractivity (Wildman–Crippen MR) is 57.7 cm³/mol. The molecule has 1 aliphatic rings. The van der Waals surface area contributed by atoms with Crippen molar-refractivity contribution in [2.75, 3.05) is 6.61 Å². The van der Waals surface area contributed by atoms with Gasteiger partial charge in [-0.3, -0.25) is 14.3 Å². The zero-order chi connectivity index (χ0) is 15.1. The van der Waals surface area contributed by atoms with Crippen LogP contribution in [0.3, 0.4) is 0 Å². The third-order valence-corrected chi connectivity index (χ3v) is 2.66. The Morgan fingerprint density at radius 2 is 2.47 bits per heavy atom. The first-order valence-electron chi connectivity index (χ1n) is 6.54. The van der Waals surface area contributed by atoms with Crippen molar-refractivity contribution in [1.29, 1.82) is 0 Å². The van der Waals surface area contributed by atoms with E-state index < -0.39 is 48.7 Å². The number of H-pyrrole nitrogens is 1. The number of hydrogen-bond acceptors (Lipinski definition) is 5. The second kappa shape index (κ2) is 4.44. The molecule has 1 fully saturated rings. The standard InChI is InChI=1S/C10H14N2O5/c1-5-3-12(10(16)11-9(5)15)8-2-6(14)7(4-13)17-8/h3,6-8,13-14H,2,4H2,1H3,(H,11,15,16)/t6-,7-,8-/m1/s1/i1D3. The van der Waals surface area contributed by atoms with Gasteiger partial charge in [-0.05, 0) is 6.85 Å². The number of nitrogens with one attached hydrogen (secondary N) is 1. The van der Waals surface area contributed by atoms with Crippen molar-refractivity contribution in [2.45, 2.75) is 31.7 Å². The van der Waals surface area contributed by atoms with E-state index in [0.717, 1.165) is 10.8 Å². The van der Waals surface area contributed by atoms with Gasteiger partial charge in [-0.15, -0.1) is 0 Å². The fraction of sp³-hybridized carbons (Fsp3) is 0.600. The van der Waals surface area contributed by atoms with E-state index >= 15 is 0 Å². The molecule has 1 aromatic heterocycles. The summed E-state index contributed by atoms with van der Waals surface area (Å²) < 4.78 is 27.9. The van der Waals surface area contributed by atoms with Gasteiger partial charge in [0.25, 0.3) is 5.56 Å². The third-order valence-electron chi connectivity index (χ3n) is 2.66. The molecule has 7 nitrogen and oxygen atoms in total. The summed E-state index contributed by atoms with van der Waals surface area (Å²) in [4.78, 5) is 25.1. The first-order chi connectivity index (χ1) is 9.24. The van der Waals surface area contributed by atoms with Gasteiger partial charge in [0.15, 0.2) is 0 Å². The Morgan fingerprint density at radius 3 is 3.06 bits per heavy atom. The van der Waals surface area contributed by atoms with E-state index in [0.29, 0.717) is 0 Å². The van der Waals surface area contributed by atoms with E-state index in [1.807, 2.05) is 4.98 Å². The van der Waals surface area contributed by atoms with E-state index in [2.05, 4.69) is 0 Å². The maximum absolute atomic E-state index is 11.7. The number of nitrogens with zero attached hydrogens (tertiary/aromatic N) is 1. The molecule has 0 spiro atoms. The Hall–Kier alpha value is -1.44. The minimum atomic E-state index is -2.67. The van der Waals surface area contributed by atoms with Gasteiger partial charge in [0.05, 0.1) is 12.7 Å². The summed E-state index contributed by atoms with van der Waals surface area (Å²) in [6, 6.07) is 0. The summed E-state index contributed by atoms with van der Waals surface area (Å²) in [5.41, 5.74) is -2.36. The first-order valence-corrected chi connectivity index (χ1v) is 5.04. The second-order valence-corrected chi connectivity index (χ2v) is 3.82. The molecule has 2 rings (SSSR count).